The molecule has 0 N–H and O–H groups in total. The Labute approximate surface area is 115 Å². The summed E-state index contributed by atoms with van der Waals surface area (Å²) in [6, 6.07) is 6.02. The number of thioether (sulfide) groups is 1. The third-order valence-corrected chi connectivity index (χ3v) is 3.54. The Morgan fingerprint density at radius 2 is 2.06 bits per heavy atom. The van der Waals surface area contributed by atoms with E-state index in [1.165, 1.54) is 11.8 Å². The summed E-state index contributed by atoms with van der Waals surface area (Å²) in [5.41, 5.74) is 0.750. The number of halogens is 1. The molecule has 1 aromatic carbocycles. The minimum atomic E-state index is -0.410. The van der Waals surface area contributed by atoms with Gasteiger partial charge in [0.15, 0.2) is 0 Å². The van der Waals surface area contributed by atoms with Crippen LogP contribution in [-0.2, 0) is 9.53 Å². The molecule has 0 aromatic heterocycles. The summed E-state index contributed by atoms with van der Waals surface area (Å²) in [6.07, 6.45) is 0. The maximum atomic E-state index is 11.6. The number of rotatable bonds is 3. The van der Waals surface area contributed by atoms with Gasteiger partial charge in [0.25, 0.3) is 0 Å². The van der Waals surface area contributed by atoms with Gasteiger partial charge in [0.1, 0.15) is 5.60 Å². The van der Waals surface area contributed by atoms with Crippen molar-refractivity contribution in [1.82, 2.24) is 0 Å². The van der Waals surface area contributed by atoms with E-state index >= 15 is 0 Å². The summed E-state index contributed by atoms with van der Waals surface area (Å²) in [4.78, 5) is 12.7. The Morgan fingerprint density at radius 1 is 1.41 bits per heavy atom. The van der Waals surface area contributed by atoms with Crippen molar-refractivity contribution < 1.29 is 9.53 Å². The van der Waals surface area contributed by atoms with Crippen molar-refractivity contribution in [3.63, 3.8) is 0 Å². The monoisotopic (exact) mass is 316 g/mol. The molecule has 0 atom stereocenters. The first kappa shape index (κ1) is 14.6. The fourth-order valence-electron chi connectivity index (χ4n) is 1.28. The molecule has 2 nitrogen and oxygen atoms in total. The van der Waals surface area contributed by atoms with Gasteiger partial charge < -0.3 is 4.74 Å². The largest absolute Gasteiger partial charge is 0.459 e. The maximum absolute atomic E-state index is 11.6. The predicted molar refractivity (Wildman–Crippen MR) is 75.4 cm³/mol. The van der Waals surface area contributed by atoms with E-state index in [-0.39, 0.29) is 5.97 Å². The highest BCUT2D eigenvalue weighted by Crippen LogP contribution is 2.25. The summed E-state index contributed by atoms with van der Waals surface area (Å²) >= 11 is 4.92. The van der Waals surface area contributed by atoms with Crippen molar-refractivity contribution in [2.45, 2.75) is 38.2 Å². The van der Waals surface area contributed by atoms with Gasteiger partial charge in [-0.1, -0.05) is 15.9 Å². The number of ether oxygens (including phenoxy) is 1. The van der Waals surface area contributed by atoms with E-state index in [2.05, 4.69) is 15.9 Å². The molecule has 0 radical (unpaired) electrons. The van der Waals surface area contributed by atoms with Gasteiger partial charge in [-0.15, -0.1) is 11.8 Å². The van der Waals surface area contributed by atoms with Gasteiger partial charge in [0, 0.05) is 9.37 Å². The van der Waals surface area contributed by atoms with Crippen LogP contribution in [-0.4, -0.2) is 17.3 Å². The van der Waals surface area contributed by atoms with E-state index in [0.717, 1.165) is 14.9 Å². The second kappa shape index (κ2) is 5.91. The lowest BCUT2D eigenvalue weighted by Crippen LogP contribution is -2.24. The van der Waals surface area contributed by atoms with Crippen molar-refractivity contribution in [1.29, 1.82) is 0 Å². The van der Waals surface area contributed by atoms with Crippen LogP contribution < -0.4 is 0 Å². The van der Waals surface area contributed by atoms with Crippen LogP contribution in [0.1, 0.15) is 26.3 Å². The summed E-state index contributed by atoms with van der Waals surface area (Å²) < 4.78 is 6.31. The molecule has 0 spiro atoms. The van der Waals surface area contributed by atoms with E-state index in [9.17, 15) is 4.79 Å². The molecule has 0 saturated carbocycles. The summed E-state index contributed by atoms with van der Waals surface area (Å²) in [5.74, 6) is 0.171. The quantitative estimate of drug-likeness (QED) is 0.617. The van der Waals surface area contributed by atoms with Gasteiger partial charge in [-0.2, -0.15) is 0 Å². The van der Waals surface area contributed by atoms with Crippen molar-refractivity contribution in [3.05, 3.63) is 28.2 Å². The number of esters is 1. The van der Waals surface area contributed by atoms with E-state index in [1.807, 2.05) is 45.9 Å². The molecule has 0 bridgehead atoms. The molecule has 0 aliphatic carbocycles. The standard InChI is InChI=1S/C13H17BrO2S/c1-9-7-10(14)5-6-11(9)17-8-12(15)16-13(2,3)4/h5-7H,8H2,1-4H3. The Morgan fingerprint density at radius 3 is 2.59 bits per heavy atom. The highest BCUT2D eigenvalue weighted by atomic mass is 79.9. The van der Waals surface area contributed by atoms with Crippen LogP contribution in [0.2, 0.25) is 0 Å². The second-order valence-electron chi connectivity index (χ2n) is 4.78. The number of carbonyl (C=O) groups is 1. The van der Waals surface area contributed by atoms with Crippen molar-refractivity contribution in [3.8, 4) is 0 Å². The first-order valence-electron chi connectivity index (χ1n) is 5.39. The van der Waals surface area contributed by atoms with Gasteiger partial charge in [0.2, 0.25) is 0 Å². The summed E-state index contributed by atoms with van der Waals surface area (Å²) in [7, 11) is 0. The highest BCUT2D eigenvalue weighted by Gasteiger charge is 2.16. The van der Waals surface area contributed by atoms with E-state index in [4.69, 9.17) is 4.74 Å². The highest BCUT2D eigenvalue weighted by molar-refractivity contribution is 9.10. The molecule has 0 aliphatic rings. The van der Waals surface area contributed by atoms with Crippen molar-refractivity contribution in [2.75, 3.05) is 5.75 Å². The lowest BCUT2D eigenvalue weighted by Gasteiger charge is -2.19. The molecule has 0 heterocycles. The smallest absolute Gasteiger partial charge is 0.316 e. The molecular formula is C13H17BrO2S. The molecule has 0 fully saturated rings. The van der Waals surface area contributed by atoms with Gasteiger partial charge in [-0.3, -0.25) is 4.79 Å². The minimum absolute atomic E-state index is 0.176. The molecule has 1 aromatic rings. The topological polar surface area (TPSA) is 26.3 Å². The fraction of sp³-hybridized carbons (Fsp3) is 0.462. The summed E-state index contributed by atoms with van der Waals surface area (Å²) in [6.45, 7) is 7.66. The first-order valence-corrected chi connectivity index (χ1v) is 7.16. The van der Waals surface area contributed by atoms with Crippen LogP contribution in [0.15, 0.2) is 27.6 Å². The molecule has 94 valence electrons. The van der Waals surface area contributed by atoms with Crippen LogP contribution in [0, 0.1) is 6.92 Å². The predicted octanol–water partition coefficient (Wildman–Crippen LogP) is 4.19. The van der Waals surface area contributed by atoms with Crippen molar-refractivity contribution >= 4 is 33.7 Å². The van der Waals surface area contributed by atoms with Crippen molar-refractivity contribution in [2.24, 2.45) is 0 Å². The number of carbonyl (C=O) groups excluding carboxylic acids is 1. The average Bonchev–Trinajstić information content (AvgIpc) is 2.13. The van der Waals surface area contributed by atoms with Gasteiger partial charge >= 0.3 is 5.97 Å². The molecule has 0 saturated heterocycles. The SMILES string of the molecule is Cc1cc(Br)ccc1SCC(=O)OC(C)(C)C. The number of hydrogen-bond acceptors (Lipinski definition) is 3. The molecule has 17 heavy (non-hydrogen) atoms. The van der Waals surface area contributed by atoms with Crippen LogP contribution in [0.3, 0.4) is 0 Å². The zero-order valence-corrected chi connectivity index (χ0v) is 12.9. The molecule has 1 rings (SSSR count). The zero-order chi connectivity index (χ0) is 13.1. The maximum Gasteiger partial charge on any atom is 0.316 e. The average molecular weight is 317 g/mol. The Balaban J connectivity index is 2.53. The second-order valence-corrected chi connectivity index (χ2v) is 6.72. The number of hydrogen-bond donors (Lipinski definition) is 0. The Kier molecular flexibility index (Phi) is 5.07. The molecule has 0 amide bonds. The minimum Gasteiger partial charge on any atom is -0.459 e. The Hall–Kier alpha value is -0.480. The molecular weight excluding hydrogens is 300 g/mol. The molecule has 0 unspecified atom stereocenters. The van der Waals surface area contributed by atoms with Crippen LogP contribution in [0.4, 0.5) is 0 Å². The van der Waals surface area contributed by atoms with Crippen LogP contribution >= 0.6 is 27.7 Å². The van der Waals surface area contributed by atoms with E-state index in [1.54, 1.807) is 0 Å². The van der Waals surface area contributed by atoms with E-state index < -0.39 is 5.60 Å². The van der Waals surface area contributed by atoms with E-state index in [0.29, 0.717) is 5.75 Å². The van der Waals surface area contributed by atoms with Gasteiger partial charge in [-0.25, -0.2) is 0 Å². The lowest BCUT2D eigenvalue weighted by molar-refractivity contribution is -0.151. The summed E-state index contributed by atoms with van der Waals surface area (Å²) in [5, 5.41) is 0. The lowest BCUT2D eigenvalue weighted by atomic mass is 10.2. The number of aryl methyl sites for hydroxylation is 1. The van der Waals surface area contributed by atoms with Gasteiger partial charge in [-0.05, 0) is 51.5 Å². The van der Waals surface area contributed by atoms with Crippen LogP contribution in [0.5, 0.6) is 0 Å². The third kappa shape index (κ3) is 5.59. The molecule has 4 heteroatoms. The molecule has 0 aliphatic heterocycles. The zero-order valence-electron chi connectivity index (χ0n) is 10.5. The number of benzene rings is 1. The normalized spacial score (nSPS) is 11.4. The van der Waals surface area contributed by atoms with Crippen LogP contribution in [0.25, 0.3) is 0 Å². The Bertz CT molecular complexity index is 410. The van der Waals surface area contributed by atoms with Gasteiger partial charge in [0.05, 0.1) is 5.75 Å². The third-order valence-electron chi connectivity index (χ3n) is 1.90. The fourth-order valence-corrected chi connectivity index (χ4v) is 2.54. The first-order chi connectivity index (χ1) is 7.78.